The Labute approximate surface area is 107 Å². The normalized spacial score (nSPS) is 12.2. The quantitative estimate of drug-likeness (QED) is 0.828. The first kappa shape index (κ1) is 15.0. The number of alkyl halides is 2. The van der Waals surface area contributed by atoms with E-state index >= 15 is 0 Å². The fraction of sp³-hybridized carbons (Fsp3) is 0.333. The van der Waals surface area contributed by atoms with E-state index in [-0.39, 0.29) is 5.56 Å². The molecule has 1 atom stereocenters. The highest BCUT2D eigenvalue weighted by Gasteiger charge is 2.24. The molecule has 1 rings (SSSR count). The molecule has 4 nitrogen and oxygen atoms in total. The Morgan fingerprint density at radius 1 is 1.26 bits per heavy atom. The molecule has 104 valence electrons. The molecule has 0 aliphatic heterocycles. The molecular weight excluding hydrogens is 263 g/mol. The summed E-state index contributed by atoms with van der Waals surface area (Å²) in [5, 5.41) is 10.6. The topological polar surface area (TPSA) is 66.4 Å². The molecule has 0 aromatic heterocycles. The van der Waals surface area contributed by atoms with Gasteiger partial charge in [0.1, 0.15) is 11.9 Å². The van der Waals surface area contributed by atoms with E-state index in [0.717, 1.165) is 6.07 Å². The highest BCUT2D eigenvalue weighted by Crippen LogP contribution is 2.08. The molecule has 0 saturated heterocycles. The van der Waals surface area contributed by atoms with Crippen molar-refractivity contribution in [3.8, 4) is 0 Å². The number of carbonyl (C=O) groups excluding carboxylic acids is 1. The van der Waals surface area contributed by atoms with Crippen LogP contribution in [0.2, 0.25) is 0 Å². The number of carboxylic acids is 1. The van der Waals surface area contributed by atoms with Crippen LogP contribution in [-0.2, 0) is 16.0 Å². The van der Waals surface area contributed by atoms with E-state index in [1.165, 1.54) is 18.2 Å². The minimum absolute atomic E-state index is 0.0705. The molecule has 7 heteroatoms. The number of halogens is 3. The van der Waals surface area contributed by atoms with Crippen molar-refractivity contribution >= 4 is 11.9 Å². The Kier molecular flexibility index (Phi) is 5.35. The van der Waals surface area contributed by atoms with Gasteiger partial charge in [-0.1, -0.05) is 18.2 Å². The lowest BCUT2D eigenvalue weighted by molar-refractivity contribution is -0.142. The summed E-state index contributed by atoms with van der Waals surface area (Å²) in [6.45, 7) is 0. The lowest BCUT2D eigenvalue weighted by Gasteiger charge is -2.14. The first-order chi connectivity index (χ1) is 8.90. The second kappa shape index (κ2) is 6.77. The van der Waals surface area contributed by atoms with Crippen molar-refractivity contribution in [3.05, 3.63) is 35.6 Å². The van der Waals surface area contributed by atoms with Crippen LogP contribution in [0.1, 0.15) is 12.0 Å². The summed E-state index contributed by atoms with van der Waals surface area (Å²) in [5.41, 5.74) is 0.0705. The Morgan fingerprint density at radius 2 is 1.89 bits per heavy atom. The van der Waals surface area contributed by atoms with Gasteiger partial charge in [0.2, 0.25) is 12.3 Å². The third-order valence-electron chi connectivity index (χ3n) is 2.36. The van der Waals surface area contributed by atoms with Gasteiger partial charge in [-0.3, -0.25) is 4.79 Å². The first-order valence-corrected chi connectivity index (χ1v) is 5.44. The predicted molar refractivity (Wildman–Crippen MR) is 60.3 cm³/mol. The predicted octanol–water partition coefficient (Wildman–Crippen LogP) is 1.59. The molecule has 0 bridgehead atoms. The summed E-state index contributed by atoms with van der Waals surface area (Å²) in [5.74, 6) is -2.99. The zero-order valence-corrected chi connectivity index (χ0v) is 9.78. The molecule has 0 radical (unpaired) electrons. The van der Waals surface area contributed by atoms with Crippen LogP contribution >= 0.6 is 0 Å². The molecular formula is C12H12F3NO3. The Morgan fingerprint density at radius 3 is 2.42 bits per heavy atom. The van der Waals surface area contributed by atoms with E-state index in [9.17, 15) is 22.8 Å². The Bertz CT molecular complexity index is 465. The van der Waals surface area contributed by atoms with Gasteiger partial charge in [0.25, 0.3) is 0 Å². The van der Waals surface area contributed by atoms with E-state index in [1.54, 1.807) is 0 Å². The molecule has 19 heavy (non-hydrogen) atoms. The van der Waals surface area contributed by atoms with Crippen LogP contribution in [0.4, 0.5) is 13.2 Å². The van der Waals surface area contributed by atoms with E-state index in [4.69, 9.17) is 5.11 Å². The Balaban J connectivity index is 2.63. The fourth-order valence-corrected chi connectivity index (χ4v) is 1.46. The average Bonchev–Trinajstić information content (AvgIpc) is 2.30. The first-order valence-electron chi connectivity index (χ1n) is 5.44. The standard InChI is InChI=1S/C12H12F3NO3/c13-8-4-2-1-3-7(8)5-11(17)16-9(12(18)19)6-10(14)15/h1-4,9-10H,5-6H2,(H,16,17)(H,18,19). The van der Waals surface area contributed by atoms with E-state index < -0.39 is 43.0 Å². The molecule has 1 aromatic carbocycles. The van der Waals surface area contributed by atoms with Gasteiger partial charge in [-0.25, -0.2) is 18.0 Å². The van der Waals surface area contributed by atoms with Crippen LogP contribution < -0.4 is 5.32 Å². The van der Waals surface area contributed by atoms with Crippen LogP contribution in [-0.4, -0.2) is 29.5 Å². The SMILES string of the molecule is O=C(Cc1ccccc1F)NC(CC(F)F)C(=O)O. The van der Waals surface area contributed by atoms with E-state index in [0.29, 0.717) is 0 Å². The summed E-state index contributed by atoms with van der Waals surface area (Å²) in [4.78, 5) is 22.1. The maximum atomic E-state index is 13.2. The zero-order valence-electron chi connectivity index (χ0n) is 9.78. The van der Waals surface area contributed by atoms with Gasteiger partial charge >= 0.3 is 5.97 Å². The molecule has 1 aromatic rings. The maximum absolute atomic E-state index is 13.2. The van der Waals surface area contributed by atoms with Crippen LogP contribution in [0.5, 0.6) is 0 Å². The number of carboxylic acid groups (broad SMARTS) is 1. The lowest BCUT2D eigenvalue weighted by atomic mass is 10.1. The van der Waals surface area contributed by atoms with Gasteiger partial charge in [0.15, 0.2) is 0 Å². The van der Waals surface area contributed by atoms with Crippen LogP contribution in [0.15, 0.2) is 24.3 Å². The highest BCUT2D eigenvalue weighted by molar-refractivity contribution is 5.84. The fourth-order valence-electron chi connectivity index (χ4n) is 1.46. The van der Waals surface area contributed by atoms with Crippen LogP contribution in [0.25, 0.3) is 0 Å². The number of carbonyl (C=O) groups is 2. The smallest absolute Gasteiger partial charge is 0.326 e. The Hall–Kier alpha value is -2.05. The van der Waals surface area contributed by atoms with Gasteiger partial charge in [-0.05, 0) is 11.6 Å². The van der Waals surface area contributed by atoms with Crippen molar-refractivity contribution < 1.29 is 27.9 Å². The molecule has 1 amide bonds. The molecule has 0 saturated carbocycles. The van der Waals surface area contributed by atoms with Crippen molar-refractivity contribution in [2.24, 2.45) is 0 Å². The lowest BCUT2D eigenvalue weighted by Crippen LogP contribution is -2.42. The van der Waals surface area contributed by atoms with Gasteiger partial charge in [-0.2, -0.15) is 0 Å². The number of rotatable bonds is 6. The summed E-state index contributed by atoms with van der Waals surface area (Å²) in [6.07, 6.45) is -4.24. The summed E-state index contributed by atoms with van der Waals surface area (Å²) >= 11 is 0. The van der Waals surface area contributed by atoms with Gasteiger partial charge in [0.05, 0.1) is 6.42 Å². The number of amides is 1. The highest BCUT2D eigenvalue weighted by atomic mass is 19.3. The van der Waals surface area contributed by atoms with Crippen molar-refractivity contribution in [2.75, 3.05) is 0 Å². The van der Waals surface area contributed by atoms with Gasteiger partial charge in [-0.15, -0.1) is 0 Å². The molecule has 0 fully saturated rings. The van der Waals surface area contributed by atoms with Crippen molar-refractivity contribution in [1.29, 1.82) is 0 Å². The number of hydrogen-bond acceptors (Lipinski definition) is 2. The molecule has 1 unspecified atom stereocenters. The van der Waals surface area contributed by atoms with Crippen LogP contribution in [0.3, 0.4) is 0 Å². The minimum atomic E-state index is -2.85. The summed E-state index contributed by atoms with van der Waals surface area (Å²) in [7, 11) is 0. The summed E-state index contributed by atoms with van der Waals surface area (Å²) < 4.78 is 37.5. The number of aliphatic carboxylic acids is 1. The van der Waals surface area contributed by atoms with Crippen molar-refractivity contribution in [3.63, 3.8) is 0 Å². The van der Waals surface area contributed by atoms with Crippen molar-refractivity contribution in [2.45, 2.75) is 25.3 Å². The number of benzene rings is 1. The third-order valence-corrected chi connectivity index (χ3v) is 2.36. The molecule has 2 N–H and O–H groups in total. The second-order valence-electron chi connectivity index (χ2n) is 3.85. The van der Waals surface area contributed by atoms with Gasteiger partial charge < -0.3 is 10.4 Å². The van der Waals surface area contributed by atoms with E-state index in [1.807, 2.05) is 5.32 Å². The number of nitrogens with one attached hydrogen (secondary N) is 1. The number of hydrogen-bond donors (Lipinski definition) is 2. The van der Waals surface area contributed by atoms with Crippen molar-refractivity contribution in [1.82, 2.24) is 5.32 Å². The third kappa shape index (κ3) is 4.99. The molecule has 0 aliphatic carbocycles. The minimum Gasteiger partial charge on any atom is -0.480 e. The second-order valence-corrected chi connectivity index (χ2v) is 3.85. The monoisotopic (exact) mass is 275 g/mol. The zero-order chi connectivity index (χ0) is 14.4. The molecule has 0 aliphatic rings. The molecule has 0 heterocycles. The van der Waals surface area contributed by atoms with Gasteiger partial charge in [0, 0.05) is 6.42 Å². The maximum Gasteiger partial charge on any atom is 0.326 e. The molecule has 0 spiro atoms. The summed E-state index contributed by atoms with van der Waals surface area (Å²) in [6, 6.07) is 3.78. The van der Waals surface area contributed by atoms with Crippen LogP contribution in [0, 0.1) is 5.82 Å². The van der Waals surface area contributed by atoms with E-state index in [2.05, 4.69) is 0 Å². The largest absolute Gasteiger partial charge is 0.480 e. The average molecular weight is 275 g/mol.